The molecular formula is C18H36IN3O3S. The van der Waals surface area contributed by atoms with E-state index in [1.54, 1.807) is 0 Å². The van der Waals surface area contributed by atoms with E-state index in [0.29, 0.717) is 38.6 Å². The standard InChI is InChI=1S/C18H35N3O3S.HI/c1-4-15-6-8-16(9-7-15)21-17(19-5-2)20-14-18(25(3,22)23)10-12-24-13-11-18;/h15-16H,4-14H2,1-3H3,(H2,19,20,21);1H. The molecule has 1 saturated carbocycles. The molecule has 2 rings (SSSR count). The molecule has 0 bridgehead atoms. The Hall–Kier alpha value is -0.0900. The van der Waals surface area contributed by atoms with Crippen molar-refractivity contribution < 1.29 is 13.2 Å². The van der Waals surface area contributed by atoms with Crippen LogP contribution in [0.1, 0.15) is 58.8 Å². The maximum Gasteiger partial charge on any atom is 0.191 e. The summed E-state index contributed by atoms with van der Waals surface area (Å²) in [6.07, 6.45) is 8.49. The van der Waals surface area contributed by atoms with Crippen molar-refractivity contribution in [2.24, 2.45) is 10.9 Å². The van der Waals surface area contributed by atoms with E-state index in [-0.39, 0.29) is 24.0 Å². The average Bonchev–Trinajstić information content (AvgIpc) is 2.60. The number of sulfone groups is 1. The number of aliphatic imine (C=N–C) groups is 1. The van der Waals surface area contributed by atoms with E-state index in [0.717, 1.165) is 31.3 Å². The Morgan fingerprint density at radius 2 is 1.77 bits per heavy atom. The maximum absolute atomic E-state index is 12.4. The van der Waals surface area contributed by atoms with Crippen molar-refractivity contribution in [2.45, 2.75) is 69.6 Å². The highest BCUT2D eigenvalue weighted by Gasteiger charge is 2.42. The molecule has 0 amide bonds. The number of hydrogen-bond acceptors (Lipinski definition) is 4. The quantitative estimate of drug-likeness (QED) is 0.333. The molecule has 0 spiro atoms. The van der Waals surface area contributed by atoms with Gasteiger partial charge >= 0.3 is 0 Å². The molecule has 154 valence electrons. The molecule has 8 heteroatoms. The fraction of sp³-hybridized carbons (Fsp3) is 0.944. The fourth-order valence-electron chi connectivity index (χ4n) is 3.84. The van der Waals surface area contributed by atoms with Crippen LogP contribution in [0.25, 0.3) is 0 Å². The summed E-state index contributed by atoms with van der Waals surface area (Å²) in [4.78, 5) is 4.67. The third-order valence-corrected chi connectivity index (χ3v) is 7.94. The lowest BCUT2D eigenvalue weighted by molar-refractivity contribution is 0.0768. The van der Waals surface area contributed by atoms with Crippen LogP contribution in [0.2, 0.25) is 0 Å². The molecule has 0 radical (unpaired) electrons. The average molecular weight is 501 g/mol. The lowest BCUT2D eigenvalue weighted by Gasteiger charge is -2.34. The summed E-state index contributed by atoms with van der Waals surface area (Å²) in [6.45, 7) is 6.36. The van der Waals surface area contributed by atoms with Crippen molar-refractivity contribution >= 4 is 39.8 Å². The molecule has 1 heterocycles. The smallest absolute Gasteiger partial charge is 0.191 e. The summed E-state index contributed by atoms with van der Waals surface area (Å²) in [5, 5.41) is 6.80. The summed E-state index contributed by atoms with van der Waals surface area (Å²) < 4.78 is 29.3. The largest absolute Gasteiger partial charge is 0.381 e. The lowest BCUT2D eigenvalue weighted by Crippen LogP contribution is -2.49. The minimum atomic E-state index is -3.18. The van der Waals surface area contributed by atoms with Gasteiger partial charge in [-0.3, -0.25) is 4.99 Å². The first-order chi connectivity index (χ1) is 11.9. The van der Waals surface area contributed by atoms with Crippen molar-refractivity contribution in [3.63, 3.8) is 0 Å². The summed E-state index contributed by atoms with van der Waals surface area (Å²) in [5.41, 5.74) is 0. The van der Waals surface area contributed by atoms with Gasteiger partial charge in [-0.1, -0.05) is 13.3 Å². The zero-order chi connectivity index (χ0) is 18.3. The Morgan fingerprint density at radius 3 is 2.27 bits per heavy atom. The van der Waals surface area contributed by atoms with Gasteiger partial charge in [0.25, 0.3) is 0 Å². The van der Waals surface area contributed by atoms with Crippen LogP contribution in [0.4, 0.5) is 0 Å². The van der Waals surface area contributed by atoms with Gasteiger partial charge < -0.3 is 15.4 Å². The topological polar surface area (TPSA) is 79.8 Å². The van der Waals surface area contributed by atoms with Gasteiger partial charge in [-0.25, -0.2) is 8.42 Å². The molecule has 0 aromatic rings. The number of guanidine groups is 1. The normalized spacial score (nSPS) is 26.7. The van der Waals surface area contributed by atoms with E-state index >= 15 is 0 Å². The van der Waals surface area contributed by atoms with Crippen LogP contribution in [0, 0.1) is 5.92 Å². The second-order valence-corrected chi connectivity index (χ2v) is 9.94. The predicted molar refractivity (Wildman–Crippen MR) is 118 cm³/mol. The minimum Gasteiger partial charge on any atom is -0.381 e. The molecule has 0 atom stereocenters. The van der Waals surface area contributed by atoms with Crippen molar-refractivity contribution in [3.05, 3.63) is 0 Å². The number of rotatable bonds is 6. The van der Waals surface area contributed by atoms with Gasteiger partial charge in [-0.15, -0.1) is 24.0 Å². The van der Waals surface area contributed by atoms with Crippen LogP contribution < -0.4 is 10.6 Å². The molecule has 1 saturated heterocycles. The summed E-state index contributed by atoms with van der Waals surface area (Å²) in [5.74, 6) is 1.60. The summed E-state index contributed by atoms with van der Waals surface area (Å²) in [7, 11) is -3.18. The van der Waals surface area contributed by atoms with Crippen molar-refractivity contribution in [3.8, 4) is 0 Å². The third-order valence-electron chi connectivity index (χ3n) is 5.83. The lowest BCUT2D eigenvalue weighted by atomic mass is 9.84. The molecule has 2 aliphatic rings. The molecule has 2 N–H and O–H groups in total. The zero-order valence-electron chi connectivity index (χ0n) is 16.4. The Labute approximate surface area is 176 Å². The SMILES string of the molecule is CCNC(=NCC1(S(C)(=O)=O)CCOCC1)NC1CCC(CC)CC1.I. The summed E-state index contributed by atoms with van der Waals surface area (Å²) in [6, 6.07) is 0.435. The Balaban J connectivity index is 0.00000338. The predicted octanol–water partition coefficient (Wildman–Crippen LogP) is 2.72. The van der Waals surface area contributed by atoms with Gasteiger partial charge in [0.05, 0.1) is 11.3 Å². The van der Waals surface area contributed by atoms with E-state index in [1.165, 1.54) is 25.5 Å². The Morgan fingerprint density at radius 1 is 1.15 bits per heavy atom. The first-order valence-corrected chi connectivity index (χ1v) is 11.6. The molecule has 26 heavy (non-hydrogen) atoms. The van der Waals surface area contributed by atoms with Gasteiger partial charge in [-0.05, 0) is 51.4 Å². The van der Waals surface area contributed by atoms with Crippen LogP contribution >= 0.6 is 24.0 Å². The van der Waals surface area contributed by atoms with Crippen molar-refractivity contribution in [1.82, 2.24) is 10.6 Å². The van der Waals surface area contributed by atoms with Gasteiger partial charge in [-0.2, -0.15) is 0 Å². The van der Waals surface area contributed by atoms with Crippen LogP contribution in [-0.2, 0) is 14.6 Å². The van der Waals surface area contributed by atoms with E-state index in [1.807, 2.05) is 6.92 Å². The second kappa shape index (κ2) is 11.0. The zero-order valence-corrected chi connectivity index (χ0v) is 19.6. The second-order valence-electron chi connectivity index (χ2n) is 7.53. The van der Waals surface area contributed by atoms with Gasteiger partial charge in [0.2, 0.25) is 0 Å². The van der Waals surface area contributed by atoms with E-state index in [2.05, 4.69) is 22.5 Å². The van der Waals surface area contributed by atoms with Crippen molar-refractivity contribution in [1.29, 1.82) is 0 Å². The highest BCUT2D eigenvalue weighted by molar-refractivity contribution is 14.0. The maximum atomic E-state index is 12.4. The van der Waals surface area contributed by atoms with Crippen LogP contribution in [-0.4, -0.2) is 57.7 Å². The Kier molecular flexibility index (Phi) is 10.2. The fourth-order valence-corrected chi connectivity index (χ4v) is 5.05. The number of hydrogen-bond donors (Lipinski definition) is 2. The minimum absolute atomic E-state index is 0. The van der Waals surface area contributed by atoms with Gasteiger partial charge in [0, 0.05) is 32.1 Å². The molecule has 2 fully saturated rings. The highest BCUT2D eigenvalue weighted by atomic mass is 127. The third kappa shape index (κ3) is 6.51. The first-order valence-electron chi connectivity index (χ1n) is 9.72. The van der Waals surface area contributed by atoms with Crippen molar-refractivity contribution in [2.75, 3.05) is 32.6 Å². The van der Waals surface area contributed by atoms with Gasteiger partial charge in [0.15, 0.2) is 15.8 Å². The first kappa shape index (κ1) is 23.9. The van der Waals surface area contributed by atoms with E-state index < -0.39 is 14.6 Å². The van der Waals surface area contributed by atoms with Crippen LogP contribution in [0.15, 0.2) is 4.99 Å². The molecular weight excluding hydrogens is 465 g/mol. The molecule has 0 unspecified atom stereocenters. The highest BCUT2D eigenvalue weighted by Crippen LogP contribution is 2.30. The number of halogens is 1. The molecule has 1 aliphatic carbocycles. The molecule has 6 nitrogen and oxygen atoms in total. The summed E-state index contributed by atoms with van der Waals surface area (Å²) >= 11 is 0. The van der Waals surface area contributed by atoms with Crippen LogP contribution in [0.3, 0.4) is 0 Å². The number of nitrogens with one attached hydrogen (secondary N) is 2. The number of ether oxygens (including phenoxy) is 1. The molecule has 0 aromatic heterocycles. The molecule has 0 aromatic carbocycles. The van der Waals surface area contributed by atoms with Gasteiger partial charge in [0.1, 0.15) is 0 Å². The van der Waals surface area contributed by atoms with E-state index in [4.69, 9.17) is 4.74 Å². The Bertz CT molecular complexity index is 540. The monoisotopic (exact) mass is 501 g/mol. The number of nitrogens with zero attached hydrogens (tertiary/aromatic N) is 1. The van der Waals surface area contributed by atoms with Crippen LogP contribution in [0.5, 0.6) is 0 Å². The molecule has 1 aliphatic heterocycles. The van der Waals surface area contributed by atoms with E-state index in [9.17, 15) is 8.42 Å².